The van der Waals surface area contributed by atoms with Crippen molar-refractivity contribution in [3.8, 4) is 16.2 Å². The number of benzene rings is 1. The van der Waals surface area contributed by atoms with Crippen LogP contribution in [-0.2, 0) is 6.42 Å². The number of hydrogen-bond acceptors (Lipinski definition) is 5. The molecule has 0 saturated heterocycles. The molecule has 0 atom stereocenters. The molecule has 2 aromatic heterocycles. The number of amides is 2. The molecule has 0 bridgehead atoms. The fourth-order valence-corrected chi connectivity index (χ4v) is 4.67. The number of ether oxygens (including phenoxy) is 1. The van der Waals surface area contributed by atoms with Gasteiger partial charge in [-0.05, 0) is 35.9 Å². The molecule has 2 amide bonds. The first-order chi connectivity index (χ1) is 14.0. The molecule has 148 valence electrons. The minimum atomic E-state index is -0.169. The molecule has 3 aromatic rings. The molecule has 4 rings (SSSR count). The maximum absolute atomic E-state index is 13.1. The minimum Gasteiger partial charge on any atom is -0.493 e. The van der Waals surface area contributed by atoms with Gasteiger partial charge in [-0.25, -0.2) is 0 Å². The molecule has 1 aliphatic rings. The van der Waals surface area contributed by atoms with Gasteiger partial charge in [0.25, 0.3) is 11.8 Å². The quantitative estimate of drug-likeness (QED) is 0.684. The lowest BCUT2D eigenvalue weighted by Crippen LogP contribution is -2.25. The van der Waals surface area contributed by atoms with Crippen molar-refractivity contribution >= 4 is 40.4 Å². The van der Waals surface area contributed by atoms with Crippen LogP contribution in [0.4, 0.5) is 5.69 Å². The van der Waals surface area contributed by atoms with Crippen molar-refractivity contribution < 1.29 is 14.3 Å². The number of pyridine rings is 1. The van der Waals surface area contributed by atoms with E-state index in [1.54, 1.807) is 44.7 Å². The number of thiophene rings is 1. The Morgan fingerprint density at radius 1 is 1.28 bits per heavy atom. The van der Waals surface area contributed by atoms with Crippen molar-refractivity contribution in [2.75, 3.05) is 25.6 Å². The van der Waals surface area contributed by atoms with Gasteiger partial charge in [0.2, 0.25) is 0 Å². The van der Waals surface area contributed by atoms with Crippen molar-refractivity contribution in [3.63, 3.8) is 0 Å². The lowest BCUT2D eigenvalue weighted by Gasteiger charge is -2.17. The first-order valence-electron chi connectivity index (χ1n) is 8.99. The normalized spacial score (nSPS) is 12.2. The molecule has 0 fully saturated rings. The van der Waals surface area contributed by atoms with Crippen LogP contribution in [0.25, 0.3) is 10.4 Å². The topological polar surface area (TPSA) is 71.5 Å². The van der Waals surface area contributed by atoms with Crippen molar-refractivity contribution in [2.24, 2.45) is 0 Å². The molecule has 1 aromatic carbocycles. The summed E-state index contributed by atoms with van der Waals surface area (Å²) >= 11 is 7.63. The van der Waals surface area contributed by atoms with E-state index >= 15 is 0 Å². The van der Waals surface area contributed by atoms with E-state index in [-0.39, 0.29) is 11.8 Å². The summed E-state index contributed by atoms with van der Waals surface area (Å²) in [5.74, 6) is 0.328. The van der Waals surface area contributed by atoms with Gasteiger partial charge in [0, 0.05) is 42.7 Å². The summed E-state index contributed by atoms with van der Waals surface area (Å²) in [6, 6.07) is 8.94. The summed E-state index contributed by atoms with van der Waals surface area (Å²) in [5.41, 5.74) is 3.03. The Bertz CT molecular complexity index is 1110. The molecule has 0 aliphatic carbocycles. The van der Waals surface area contributed by atoms with Crippen molar-refractivity contribution in [1.29, 1.82) is 0 Å². The van der Waals surface area contributed by atoms with Gasteiger partial charge in [-0.1, -0.05) is 11.6 Å². The number of rotatable bonds is 3. The number of nitrogens with zero attached hydrogens (tertiary/aromatic N) is 2. The van der Waals surface area contributed by atoms with E-state index in [1.165, 1.54) is 16.2 Å². The molecule has 0 radical (unpaired) electrons. The minimum absolute atomic E-state index is 0.151. The lowest BCUT2D eigenvalue weighted by atomic mass is 10.0. The molecule has 3 heterocycles. The Morgan fingerprint density at radius 2 is 2.10 bits per heavy atom. The third kappa shape index (κ3) is 3.59. The zero-order valence-corrected chi connectivity index (χ0v) is 17.4. The second-order valence-electron chi connectivity index (χ2n) is 6.54. The van der Waals surface area contributed by atoms with Gasteiger partial charge in [-0.15, -0.1) is 11.3 Å². The highest BCUT2D eigenvalue weighted by Gasteiger charge is 2.24. The largest absolute Gasteiger partial charge is 0.493 e. The average molecular weight is 428 g/mol. The number of nitrogens with one attached hydrogen (secondary N) is 1. The van der Waals surface area contributed by atoms with Gasteiger partial charge in [-0.3, -0.25) is 14.6 Å². The Kier molecular flexibility index (Phi) is 5.25. The van der Waals surface area contributed by atoms with E-state index < -0.39 is 0 Å². The second-order valence-corrected chi connectivity index (χ2v) is 8.00. The number of hydrogen-bond donors (Lipinski definition) is 1. The predicted octanol–water partition coefficient (Wildman–Crippen LogP) is 4.03. The van der Waals surface area contributed by atoms with Crippen LogP contribution in [0.15, 0.2) is 42.7 Å². The number of fused-ring (bicyclic) bond motifs is 3. The zero-order valence-electron chi connectivity index (χ0n) is 15.9. The summed E-state index contributed by atoms with van der Waals surface area (Å²) in [5, 5.41) is 3.08. The van der Waals surface area contributed by atoms with Crippen LogP contribution in [0.5, 0.6) is 5.75 Å². The SMILES string of the molecule is CNC(=O)c1ccc2c(c1)OCCc1cc(C(=O)N(C)c3cnccc3Cl)sc1-2. The van der Waals surface area contributed by atoms with Crippen LogP contribution in [0, 0.1) is 0 Å². The first kappa shape index (κ1) is 19.4. The average Bonchev–Trinajstić information content (AvgIpc) is 3.08. The first-order valence-corrected chi connectivity index (χ1v) is 10.2. The van der Waals surface area contributed by atoms with Crippen molar-refractivity contribution in [3.05, 3.63) is 63.8 Å². The standard InChI is InChI=1S/C21H18ClN3O3S/c1-23-20(26)13-3-4-14-17(9-13)28-8-6-12-10-18(29-19(12)14)21(27)25(2)16-11-24-7-5-15(16)22/h3-5,7,9-11H,6,8H2,1-2H3,(H,23,26). The molecular formula is C21H18ClN3O3S. The fourth-order valence-electron chi connectivity index (χ4n) is 3.22. The Morgan fingerprint density at radius 3 is 2.86 bits per heavy atom. The summed E-state index contributed by atoms with van der Waals surface area (Å²) in [6.45, 7) is 0.478. The van der Waals surface area contributed by atoms with E-state index in [4.69, 9.17) is 16.3 Å². The molecule has 6 nitrogen and oxygen atoms in total. The smallest absolute Gasteiger partial charge is 0.268 e. The fraction of sp³-hybridized carbons (Fsp3) is 0.190. The maximum Gasteiger partial charge on any atom is 0.268 e. The number of aromatic nitrogens is 1. The number of carbonyl (C=O) groups is 2. The summed E-state index contributed by atoms with van der Waals surface area (Å²) in [4.78, 5) is 32.1. The molecule has 1 N–H and O–H groups in total. The van der Waals surface area contributed by atoms with E-state index in [0.717, 1.165) is 16.0 Å². The van der Waals surface area contributed by atoms with Crippen LogP contribution in [0.1, 0.15) is 25.6 Å². The van der Waals surface area contributed by atoms with E-state index in [1.807, 2.05) is 12.1 Å². The van der Waals surface area contributed by atoms with Crippen LogP contribution >= 0.6 is 22.9 Å². The van der Waals surface area contributed by atoms with Gasteiger partial charge in [0.1, 0.15) is 5.75 Å². The maximum atomic E-state index is 13.1. The highest BCUT2D eigenvalue weighted by Crippen LogP contribution is 2.41. The number of carbonyl (C=O) groups excluding carboxylic acids is 2. The Labute approximate surface area is 177 Å². The molecule has 0 saturated carbocycles. The second kappa shape index (κ2) is 7.85. The highest BCUT2D eigenvalue weighted by molar-refractivity contribution is 7.17. The third-order valence-corrected chi connectivity index (χ3v) is 6.30. The van der Waals surface area contributed by atoms with Crippen LogP contribution in [0.3, 0.4) is 0 Å². The highest BCUT2D eigenvalue weighted by atomic mass is 35.5. The van der Waals surface area contributed by atoms with Crippen molar-refractivity contribution in [2.45, 2.75) is 6.42 Å². The summed E-state index contributed by atoms with van der Waals surface area (Å²) < 4.78 is 5.86. The molecule has 0 unspecified atom stereocenters. The van der Waals surface area contributed by atoms with Crippen LogP contribution < -0.4 is 15.0 Å². The van der Waals surface area contributed by atoms with Gasteiger partial charge < -0.3 is 15.0 Å². The van der Waals surface area contributed by atoms with Gasteiger partial charge in [0.05, 0.1) is 28.4 Å². The molecule has 29 heavy (non-hydrogen) atoms. The van der Waals surface area contributed by atoms with E-state index in [2.05, 4.69) is 10.3 Å². The molecular weight excluding hydrogens is 410 g/mol. The van der Waals surface area contributed by atoms with Gasteiger partial charge in [-0.2, -0.15) is 0 Å². The number of halogens is 1. The van der Waals surface area contributed by atoms with Crippen molar-refractivity contribution in [1.82, 2.24) is 10.3 Å². The monoisotopic (exact) mass is 427 g/mol. The summed E-state index contributed by atoms with van der Waals surface area (Å²) in [6.07, 6.45) is 3.84. The van der Waals surface area contributed by atoms with E-state index in [9.17, 15) is 9.59 Å². The van der Waals surface area contributed by atoms with Gasteiger partial charge in [0.15, 0.2) is 0 Å². The molecule has 8 heteroatoms. The Hall–Kier alpha value is -2.90. The number of anilines is 1. The molecule has 0 spiro atoms. The Balaban J connectivity index is 1.71. The van der Waals surface area contributed by atoms with Crippen LogP contribution in [-0.4, -0.2) is 37.5 Å². The zero-order chi connectivity index (χ0) is 20.5. The molecule has 1 aliphatic heterocycles. The third-order valence-electron chi connectivity index (χ3n) is 4.78. The van der Waals surface area contributed by atoms with Crippen LogP contribution in [0.2, 0.25) is 5.02 Å². The van der Waals surface area contributed by atoms with E-state index in [0.29, 0.717) is 39.9 Å². The predicted molar refractivity (Wildman–Crippen MR) is 114 cm³/mol. The summed E-state index contributed by atoms with van der Waals surface area (Å²) in [7, 11) is 3.28. The lowest BCUT2D eigenvalue weighted by molar-refractivity contribution is 0.0961. The van der Waals surface area contributed by atoms with Gasteiger partial charge >= 0.3 is 0 Å².